The topological polar surface area (TPSA) is 106 Å². The maximum absolute atomic E-state index is 13.9. The van der Waals surface area contributed by atoms with Crippen LogP contribution < -0.4 is 5.32 Å². The molecule has 0 saturated carbocycles. The van der Waals surface area contributed by atoms with Gasteiger partial charge in [0.05, 0.1) is 16.5 Å². The first-order valence-electron chi connectivity index (χ1n) is 12.3. The van der Waals surface area contributed by atoms with E-state index in [1.165, 1.54) is 0 Å². The number of nitrogens with zero attached hydrogens (tertiary/aromatic N) is 2. The normalized spacial score (nSPS) is 16.0. The molecule has 0 bridgehead atoms. The smallest absolute Gasteiger partial charge is 0.269 e. The number of nitrogens with one attached hydrogen (secondary N) is 2. The summed E-state index contributed by atoms with van der Waals surface area (Å²) in [6, 6.07) is 19.6. The second kappa shape index (κ2) is 10.3. The first-order valence-corrected chi connectivity index (χ1v) is 14.2. The minimum absolute atomic E-state index is 0.00491. The summed E-state index contributed by atoms with van der Waals surface area (Å²) in [6.45, 7) is 5.63. The molecule has 1 atom stereocenters. The predicted molar refractivity (Wildman–Crippen MR) is 147 cm³/mol. The van der Waals surface area contributed by atoms with E-state index in [4.69, 9.17) is 11.6 Å². The Morgan fingerprint density at radius 1 is 1.13 bits per heavy atom. The molecule has 9 heteroatoms. The lowest BCUT2D eigenvalue weighted by Gasteiger charge is -2.17. The Morgan fingerprint density at radius 3 is 2.61 bits per heavy atom. The molecule has 4 aromatic rings. The summed E-state index contributed by atoms with van der Waals surface area (Å²) in [7, 11) is -4.04. The van der Waals surface area contributed by atoms with Crippen molar-refractivity contribution in [3.8, 4) is 6.07 Å². The van der Waals surface area contributed by atoms with Gasteiger partial charge in [-0.1, -0.05) is 35.9 Å². The summed E-state index contributed by atoms with van der Waals surface area (Å²) in [6.07, 6.45) is 0.714. The summed E-state index contributed by atoms with van der Waals surface area (Å²) < 4.78 is 27.9. The van der Waals surface area contributed by atoms with E-state index in [0.29, 0.717) is 41.0 Å². The molecule has 7 nitrogen and oxygen atoms in total. The number of hydrogen-bond donors (Lipinski definition) is 2. The van der Waals surface area contributed by atoms with Gasteiger partial charge in [-0.15, -0.1) is 0 Å². The fourth-order valence-corrected chi connectivity index (χ4v) is 7.10. The van der Waals surface area contributed by atoms with E-state index in [0.717, 1.165) is 23.2 Å². The molecular formula is C29H27ClN4O3S. The standard InChI is InChI=1S/C29H27ClN4O3S/c1-18-11-19(2)13-24(12-18)38(36,37)28-25-14-22(30)7-8-26(25)33-27(28)29(35)32-23-9-10-34(17-23)16-21-6-4-3-5-20(21)15-31/h3-8,11-14,23,33H,9-10,16-17H2,1-2H3,(H,32,35)/t23-/m0/s1. The highest BCUT2D eigenvalue weighted by molar-refractivity contribution is 7.91. The van der Waals surface area contributed by atoms with Crippen molar-refractivity contribution >= 4 is 38.2 Å². The number of nitriles is 1. The minimum Gasteiger partial charge on any atom is -0.349 e. The summed E-state index contributed by atoms with van der Waals surface area (Å²) in [5.74, 6) is -0.482. The molecule has 1 saturated heterocycles. The van der Waals surface area contributed by atoms with Crippen molar-refractivity contribution in [3.05, 3.63) is 93.6 Å². The van der Waals surface area contributed by atoms with Crippen LogP contribution in [-0.2, 0) is 16.4 Å². The van der Waals surface area contributed by atoms with Crippen molar-refractivity contribution < 1.29 is 13.2 Å². The number of aryl methyl sites for hydroxylation is 2. The van der Waals surface area contributed by atoms with Crippen LogP contribution in [0.2, 0.25) is 5.02 Å². The van der Waals surface area contributed by atoms with Gasteiger partial charge in [0.25, 0.3) is 5.91 Å². The fourth-order valence-electron chi connectivity index (χ4n) is 5.14. The molecule has 3 aromatic carbocycles. The van der Waals surface area contributed by atoms with Crippen LogP contribution in [0, 0.1) is 25.2 Å². The lowest BCUT2D eigenvalue weighted by atomic mass is 10.1. The van der Waals surface area contributed by atoms with Gasteiger partial charge in [-0.25, -0.2) is 8.42 Å². The van der Waals surface area contributed by atoms with E-state index >= 15 is 0 Å². The van der Waals surface area contributed by atoms with Crippen LogP contribution >= 0.6 is 11.6 Å². The van der Waals surface area contributed by atoms with Gasteiger partial charge in [0.2, 0.25) is 9.84 Å². The van der Waals surface area contributed by atoms with Gasteiger partial charge < -0.3 is 10.3 Å². The van der Waals surface area contributed by atoms with E-state index in [1.54, 1.807) is 36.4 Å². The third kappa shape index (κ3) is 5.05. The highest BCUT2D eigenvalue weighted by Gasteiger charge is 2.32. The molecule has 2 heterocycles. The Morgan fingerprint density at radius 2 is 1.87 bits per heavy atom. The molecule has 2 N–H and O–H groups in total. The lowest BCUT2D eigenvalue weighted by Crippen LogP contribution is -2.37. The number of benzene rings is 3. The molecule has 0 spiro atoms. The largest absolute Gasteiger partial charge is 0.349 e. The van der Waals surface area contributed by atoms with Gasteiger partial charge in [-0.2, -0.15) is 5.26 Å². The maximum atomic E-state index is 13.9. The first-order chi connectivity index (χ1) is 18.2. The summed E-state index contributed by atoms with van der Waals surface area (Å²) >= 11 is 6.23. The molecule has 5 rings (SSSR count). The number of sulfone groups is 1. The zero-order valence-corrected chi connectivity index (χ0v) is 22.7. The number of aromatic nitrogens is 1. The van der Waals surface area contributed by atoms with Crippen molar-refractivity contribution in [1.82, 2.24) is 15.2 Å². The third-order valence-electron chi connectivity index (χ3n) is 6.85. The summed E-state index contributed by atoms with van der Waals surface area (Å²) in [4.78, 5) is 18.8. The number of amides is 1. The molecular weight excluding hydrogens is 520 g/mol. The molecule has 1 aliphatic rings. The second-order valence-electron chi connectivity index (χ2n) is 9.81. The number of likely N-dealkylation sites (tertiary alicyclic amines) is 1. The quantitative estimate of drug-likeness (QED) is 0.348. The monoisotopic (exact) mass is 546 g/mol. The molecule has 1 aliphatic heterocycles. The molecule has 194 valence electrons. The Bertz CT molecular complexity index is 1680. The van der Waals surface area contributed by atoms with Gasteiger partial charge in [0.1, 0.15) is 10.6 Å². The number of H-pyrrole nitrogens is 1. The Hall–Kier alpha value is -3.64. The van der Waals surface area contributed by atoms with Crippen LogP contribution in [0.15, 0.2) is 70.5 Å². The average Bonchev–Trinajstić information content (AvgIpc) is 3.48. The van der Waals surface area contributed by atoms with Crippen LogP contribution in [-0.4, -0.2) is 43.3 Å². The van der Waals surface area contributed by atoms with E-state index in [-0.39, 0.29) is 21.5 Å². The van der Waals surface area contributed by atoms with Crippen LogP contribution in [0.5, 0.6) is 0 Å². The van der Waals surface area contributed by atoms with Gasteiger partial charge in [-0.05, 0) is 73.4 Å². The maximum Gasteiger partial charge on any atom is 0.269 e. The summed E-state index contributed by atoms with van der Waals surface area (Å²) in [5.41, 5.74) is 3.72. The number of carbonyl (C=O) groups is 1. The van der Waals surface area contributed by atoms with Crippen LogP contribution in [0.25, 0.3) is 10.9 Å². The molecule has 1 aromatic heterocycles. The second-order valence-corrected chi connectivity index (χ2v) is 12.1. The Balaban J connectivity index is 1.44. The first kappa shape index (κ1) is 26.0. The van der Waals surface area contributed by atoms with Crippen LogP contribution in [0.3, 0.4) is 0 Å². The summed E-state index contributed by atoms with van der Waals surface area (Å²) in [5, 5.41) is 13.2. The molecule has 38 heavy (non-hydrogen) atoms. The molecule has 1 fully saturated rings. The number of hydrogen-bond acceptors (Lipinski definition) is 5. The molecule has 0 unspecified atom stereocenters. The van der Waals surface area contributed by atoms with E-state index < -0.39 is 15.7 Å². The van der Waals surface area contributed by atoms with Crippen molar-refractivity contribution in [3.63, 3.8) is 0 Å². The zero-order chi connectivity index (χ0) is 27.0. The van der Waals surface area contributed by atoms with Crippen LogP contribution in [0.4, 0.5) is 0 Å². The van der Waals surface area contributed by atoms with Crippen LogP contribution in [0.1, 0.15) is 39.2 Å². The van der Waals surface area contributed by atoms with E-state index in [2.05, 4.69) is 21.3 Å². The van der Waals surface area contributed by atoms with E-state index in [9.17, 15) is 18.5 Å². The number of carbonyl (C=O) groups excluding carboxylic acids is 1. The number of halogens is 1. The fraction of sp³-hybridized carbons (Fsp3) is 0.241. The third-order valence-corrected chi connectivity index (χ3v) is 8.91. The predicted octanol–water partition coefficient (Wildman–Crippen LogP) is 5.15. The Kier molecular flexibility index (Phi) is 7.01. The zero-order valence-electron chi connectivity index (χ0n) is 21.1. The number of fused-ring (bicyclic) bond motifs is 1. The average molecular weight is 547 g/mol. The molecule has 1 amide bonds. The highest BCUT2D eigenvalue weighted by atomic mass is 35.5. The highest BCUT2D eigenvalue weighted by Crippen LogP contribution is 2.34. The molecule has 0 radical (unpaired) electrons. The van der Waals surface area contributed by atoms with Crippen molar-refractivity contribution in [2.75, 3.05) is 13.1 Å². The van der Waals surface area contributed by atoms with Crippen molar-refractivity contribution in [2.24, 2.45) is 0 Å². The number of aromatic amines is 1. The van der Waals surface area contributed by atoms with Gasteiger partial charge in [-0.3, -0.25) is 9.69 Å². The van der Waals surface area contributed by atoms with Crippen molar-refractivity contribution in [1.29, 1.82) is 5.26 Å². The lowest BCUT2D eigenvalue weighted by molar-refractivity contribution is 0.0930. The van der Waals surface area contributed by atoms with Gasteiger partial charge >= 0.3 is 0 Å². The Labute approximate surface area is 227 Å². The van der Waals surface area contributed by atoms with Gasteiger partial charge in [0.15, 0.2) is 0 Å². The van der Waals surface area contributed by atoms with E-state index in [1.807, 2.05) is 38.1 Å². The van der Waals surface area contributed by atoms with Crippen molar-refractivity contribution in [2.45, 2.75) is 42.6 Å². The number of rotatable bonds is 6. The molecule has 0 aliphatic carbocycles. The minimum atomic E-state index is -4.04. The van der Waals surface area contributed by atoms with Gasteiger partial charge in [0, 0.05) is 41.6 Å². The SMILES string of the molecule is Cc1cc(C)cc(S(=O)(=O)c2c(C(=O)N[C@H]3CCN(Cc4ccccc4C#N)C3)[nH]c3ccc(Cl)cc23)c1.